The summed E-state index contributed by atoms with van der Waals surface area (Å²) in [4.78, 5) is 11.1. The Kier molecular flexibility index (Phi) is 10.5. The third kappa shape index (κ3) is 7.19. The number of aliphatic hydroxyl groups excluding tert-OH is 1. The first-order valence-corrected chi connectivity index (χ1v) is 9.99. The van der Waals surface area contributed by atoms with Gasteiger partial charge >= 0.3 is 0 Å². The highest BCUT2D eigenvalue weighted by molar-refractivity contribution is 8.12. The van der Waals surface area contributed by atoms with Gasteiger partial charge in [0.2, 0.25) is 0 Å². The molecule has 0 radical (unpaired) electrons. The van der Waals surface area contributed by atoms with Gasteiger partial charge < -0.3 is 10.4 Å². The van der Waals surface area contributed by atoms with Crippen LogP contribution in [0.25, 0.3) is 4.91 Å². The standard InChI is InChI=1S/C20H25N3S.C2H6O/c1-6-19(24-16(4)17-10-8-12-22-13-17)15(3)23-20-14(2)9-7-11-18(20)21-5;1-2-3/h6,8,10,12-13,21H,2,4,7,9,11H2,1,3,5H3;3H,2H2,1H3/b19-6-,23-15?;. The molecule has 5 heteroatoms. The molecule has 1 aromatic rings. The summed E-state index contributed by atoms with van der Waals surface area (Å²) in [5.74, 6) is 0. The highest BCUT2D eigenvalue weighted by atomic mass is 32.2. The third-order valence-corrected chi connectivity index (χ3v) is 5.18. The molecular weight excluding hydrogens is 354 g/mol. The van der Waals surface area contributed by atoms with Gasteiger partial charge in [-0.25, -0.2) is 0 Å². The van der Waals surface area contributed by atoms with E-state index in [-0.39, 0.29) is 6.61 Å². The fourth-order valence-electron chi connectivity index (χ4n) is 2.60. The fraction of sp³-hybridized carbons (Fsp3) is 0.364. The van der Waals surface area contributed by atoms with Gasteiger partial charge in [-0.15, -0.1) is 0 Å². The molecule has 0 atom stereocenters. The number of hydrogen-bond acceptors (Lipinski definition) is 5. The molecule has 146 valence electrons. The molecule has 0 saturated heterocycles. The van der Waals surface area contributed by atoms with Gasteiger partial charge in [-0.1, -0.05) is 37.1 Å². The Morgan fingerprint density at radius 1 is 1.44 bits per heavy atom. The predicted molar refractivity (Wildman–Crippen MR) is 120 cm³/mol. The molecule has 0 saturated carbocycles. The molecule has 0 spiro atoms. The Morgan fingerprint density at radius 3 is 2.70 bits per heavy atom. The summed E-state index contributed by atoms with van der Waals surface area (Å²) < 4.78 is 0. The largest absolute Gasteiger partial charge is 0.397 e. The monoisotopic (exact) mass is 385 g/mol. The number of nitrogens with one attached hydrogen (secondary N) is 1. The number of hydrogen-bond donors (Lipinski definition) is 2. The van der Waals surface area contributed by atoms with Crippen LogP contribution in [0.15, 0.2) is 70.6 Å². The van der Waals surface area contributed by atoms with E-state index < -0.39 is 0 Å². The number of nitrogens with zero attached hydrogens (tertiary/aromatic N) is 2. The van der Waals surface area contributed by atoms with Gasteiger partial charge in [0.1, 0.15) is 0 Å². The van der Waals surface area contributed by atoms with Crippen molar-refractivity contribution >= 4 is 22.4 Å². The molecule has 0 aromatic carbocycles. The minimum atomic E-state index is 0.250. The molecular formula is C22H31N3OS. The van der Waals surface area contributed by atoms with Crippen LogP contribution in [0, 0.1) is 0 Å². The van der Waals surface area contributed by atoms with Gasteiger partial charge in [0.05, 0.1) is 11.4 Å². The maximum atomic E-state index is 7.57. The van der Waals surface area contributed by atoms with Gasteiger partial charge in [0.25, 0.3) is 0 Å². The lowest BCUT2D eigenvalue weighted by Crippen LogP contribution is -2.14. The molecule has 2 N–H and O–H groups in total. The number of pyridine rings is 1. The van der Waals surface area contributed by atoms with Gasteiger partial charge in [-0.2, -0.15) is 0 Å². The van der Waals surface area contributed by atoms with Crippen LogP contribution in [0.2, 0.25) is 0 Å². The zero-order valence-corrected chi connectivity index (χ0v) is 17.7. The summed E-state index contributed by atoms with van der Waals surface area (Å²) in [6.07, 6.45) is 8.86. The maximum Gasteiger partial charge on any atom is 0.0848 e. The number of aliphatic hydroxyl groups is 1. The van der Waals surface area contributed by atoms with E-state index in [1.54, 1.807) is 24.9 Å². The van der Waals surface area contributed by atoms with E-state index in [2.05, 4.69) is 29.5 Å². The van der Waals surface area contributed by atoms with Gasteiger partial charge in [-0.05, 0) is 51.7 Å². The molecule has 1 aliphatic carbocycles. The summed E-state index contributed by atoms with van der Waals surface area (Å²) in [7, 11) is 1.95. The van der Waals surface area contributed by atoms with Crippen LogP contribution in [-0.2, 0) is 0 Å². The van der Waals surface area contributed by atoms with Crippen molar-refractivity contribution in [2.24, 2.45) is 4.99 Å². The normalized spacial score (nSPS) is 15.2. The molecule has 1 heterocycles. The molecule has 4 nitrogen and oxygen atoms in total. The molecule has 0 amide bonds. The molecule has 2 rings (SSSR count). The van der Waals surface area contributed by atoms with Crippen LogP contribution < -0.4 is 5.32 Å². The number of aromatic nitrogens is 1. The van der Waals surface area contributed by atoms with E-state index in [0.717, 1.165) is 51.6 Å². The molecule has 0 unspecified atom stereocenters. The lowest BCUT2D eigenvalue weighted by molar-refractivity contribution is 0.318. The Labute approximate surface area is 167 Å². The van der Waals surface area contributed by atoms with Crippen molar-refractivity contribution in [2.45, 2.75) is 40.0 Å². The number of aliphatic imine (C=N–C) groups is 1. The smallest absolute Gasteiger partial charge is 0.0848 e. The topological polar surface area (TPSA) is 57.5 Å². The second kappa shape index (κ2) is 12.3. The van der Waals surface area contributed by atoms with Gasteiger partial charge in [-0.3, -0.25) is 9.98 Å². The van der Waals surface area contributed by atoms with E-state index >= 15 is 0 Å². The minimum Gasteiger partial charge on any atom is -0.397 e. The second-order valence-electron chi connectivity index (χ2n) is 5.97. The van der Waals surface area contributed by atoms with Gasteiger partial charge in [0, 0.05) is 47.1 Å². The van der Waals surface area contributed by atoms with Crippen molar-refractivity contribution in [1.82, 2.24) is 10.3 Å². The number of rotatable bonds is 6. The van der Waals surface area contributed by atoms with Crippen molar-refractivity contribution in [2.75, 3.05) is 13.7 Å². The zero-order chi connectivity index (χ0) is 20.2. The Hall–Kier alpha value is -2.11. The Morgan fingerprint density at radius 2 is 2.15 bits per heavy atom. The minimum absolute atomic E-state index is 0.250. The van der Waals surface area contributed by atoms with Crippen LogP contribution >= 0.6 is 11.8 Å². The third-order valence-electron chi connectivity index (χ3n) is 3.94. The number of thioether (sulfide) groups is 1. The summed E-state index contributed by atoms with van der Waals surface area (Å²) >= 11 is 1.63. The quantitative estimate of drug-likeness (QED) is 0.651. The molecule has 0 bridgehead atoms. The zero-order valence-electron chi connectivity index (χ0n) is 16.9. The van der Waals surface area contributed by atoms with E-state index in [4.69, 9.17) is 10.1 Å². The predicted octanol–water partition coefficient (Wildman–Crippen LogP) is 5.32. The Balaban J connectivity index is 0.00000114. The van der Waals surface area contributed by atoms with E-state index in [1.165, 1.54) is 5.70 Å². The van der Waals surface area contributed by atoms with Crippen LogP contribution in [0.1, 0.15) is 45.6 Å². The summed E-state index contributed by atoms with van der Waals surface area (Å²) in [5, 5.41) is 10.8. The fourth-order valence-corrected chi connectivity index (χ4v) is 3.42. The first-order valence-electron chi connectivity index (χ1n) is 9.17. The van der Waals surface area contributed by atoms with Crippen molar-refractivity contribution in [3.63, 3.8) is 0 Å². The molecule has 27 heavy (non-hydrogen) atoms. The Bertz CT molecular complexity index is 733. The molecule has 1 aromatic heterocycles. The maximum absolute atomic E-state index is 7.57. The highest BCUT2D eigenvalue weighted by Gasteiger charge is 2.16. The summed E-state index contributed by atoms with van der Waals surface area (Å²) in [5.41, 5.74) is 5.31. The van der Waals surface area contributed by atoms with Crippen LogP contribution in [0.4, 0.5) is 0 Å². The first-order chi connectivity index (χ1) is 13.0. The first kappa shape index (κ1) is 22.9. The number of allylic oxidation sites excluding steroid dienone is 4. The lowest BCUT2D eigenvalue weighted by atomic mass is 9.97. The van der Waals surface area contributed by atoms with E-state index in [9.17, 15) is 0 Å². The van der Waals surface area contributed by atoms with Crippen molar-refractivity contribution in [3.8, 4) is 0 Å². The average Bonchev–Trinajstić information content (AvgIpc) is 2.68. The van der Waals surface area contributed by atoms with E-state index in [1.807, 2.05) is 39.2 Å². The van der Waals surface area contributed by atoms with Crippen LogP contribution in [0.3, 0.4) is 0 Å². The summed E-state index contributed by atoms with van der Waals surface area (Å²) in [6, 6.07) is 3.94. The van der Waals surface area contributed by atoms with Crippen LogP contribution in [-0.4, -0.2) is 29.5 Å². The van der Waals surface area contributed by atoms with E-state index in [0.29, 0.717) is 0 Å². The lowest BCUT2D eigenvalue weighted by Gasteiger charge is -2.20. The molecule has 0 aliphatic heterocycles. The summed E-state index contributed by atoms with van der Waals surface area (Å²) in [6.45, 7) is 14.4. The van der Waals surface area contributed by atoms with Gasteiger partial charge in [0.15, 0.2) is 0 Å². The highest BCUT2D eigenvalue weighted by Crippen LogP contribution is 2.34. The van der Waals surface area contributed by atoms with Crippen molar-refractivity contribution in [1.29, 1.82) is 0 Å². The van der Waals surface area contributed by atoms with Crippen LogP contribution in [0.5, 0.6) is 0 Å². The SMILES string of the molecule is C=C1CCCC(NC)=C1N=C(C)/C(=C/C)SC(=C)c1cccnc1.CCO. The second-order valence-corrected chi connectivity index (χ2v) is 7.10. The van der Waals surface area contributed by atoms with Crippen molar-refractivity contribution < 1.29 is 5.11 Å². The van der Waals surface area contributed by atoms with Crippen molar-refractivity contribution in [3.05, 3.63) is 71.2 Å². The average molecular weight is 386 g/mol. The molecule has 0 fully saturated rings. The molecule has 1 aliphatic rings.